The van der Waals surface area contributed by atoms with Gasteiger partial charge in [-0.05, 0) is 40.9 Å². The summed E-state index contributed by atoms with van der Waals surface area (Å²) in [5, 5.41) is 0. The molecule has 0 spiro atoms. The van der Waals surface area contributed by atoms with Crippen molar-refractivity contribution in [1.29, 1.82) is 0 Å². The van der Waals surface area contributed by atoms with Crippen molar-refractivity contribution >= 4 is 15.9 Å². The third-order valence-corrected chi connectivity index (χ3v) is 2.80. The highest BCUT2D eigenvalue weighted by molar-refractivity contribution is 9.10. The lowest BCUT2D eigenvalue weighted by Gasteiger charge is -1.99. The average Bonchev–Trinajstić information content (AvgIpc) is 2.37. The summed E-state index contributed by atoms with van der Waals surface area (Å²) >= 11 is 2.83. The number of hydrogen-bond acceptors (Lipinski definition) is 1. The molecular formula is C14H21BrF2O. The Morgan fingerprint density at radius 3 is 2.00 bits per heavy atom. The molecule has 0 aliphatic rings. The van der Waals surface area contributed by atoms with Gasteiger partial charge in [-0.1, -0.05) is 32.8 Å². The molecule has 1 aromatic carbocycles. The maximum atomic E-state index is 12.3. The van der Waals surface area contributed by atoms with Crippen LogP contribution in [0.3, 0.4) is 0 Å². The van der Waals surface area contributed by atoms with E-state index in [2.05, 4.69) is 29.8 Å². The summed E-state index contributed by atoms with van der Waals surface area (Å²) in [7, 11) is 0. The Morgan fingerprint density at radius 1 is 1.06 bits per heavy atom. The summed E-state index contributed by atoms with van der Waals surface area (Å²) in [5.41, 5.74) is 0. The van der Waals surface area contributed by atoms with E-state index in [9.17, 15) is 8.78 Å². The van der Waals surface area contributed by atoms with Crippen LogP contribution in [0, 0.1) is 11.6 Å². The zero-order valence-corrected chi connectivity index (χ0v) is 12.6. The molecule has 0 unspecified atom stereocenters. The highest BCUT2D eigenvalue weighted by Crippen LogP contribution is 2.16. The van der Waals surface area contributed by atoms with Crippen LogP contribution < -0.4 is 0 Å². The van der Waals surface area contributed by atoms with E-state index in [4.69, 9.17) is 4.74 Å². The van der Waals surface area contributed by atoms with E-state index in [0.29, 0.717) is 0 Å². The van der Waals surface area contributed by atoms with Gasteiger partial charge in [-0.3, -0.25) is 0 Å². The van der Waals surface area contributed by atoms with E-state index in [0.717, 1.165) is 19.3 Å². The zero-order valence-electron chi connectivity index (χ0n) is 11.0. The van der Waals surface area contributed by atoms with E-state index in [1.165, 1.54) is 37.8 Å². The molecule has 1 rings (SSSR count). The van der Waals surface area contributed by atoms with Gasteiger partial charge in [0.1, 0.15) is 0 Å². The first-order valence-electron chi connectivity index (χ1n) is 6.30. The third kappa shape index (κ3) is 8.59. The van der Waals surface area contributed by atoms with Crippen molar-refractivity contribution in [3.05, 3.63) is 34.3 Å². The quantitative estimate of drug-likeness (QED) is 0.508. The van der Waals surface area contributed by atoms with Crippen LogP contribution in [0.25, 0.3) is 0 Å². The van der Waals surface area contributed by atoms with Crippen molar-refractivity contribution in [3.63, 3.8) is 0 Å². The van der Waals surface area contributed by atoms with Crippen LogP contribution in [0.5, 0.6) is 0 Å². The van der Waals surface area contributed by atoms with Crippen LogP contribution in [-0.4, -0.2) is 13.2 Å². The Kier molecular flexibility index (Phi) is 11.3. The molecule has 0 heterocycles. The Morgan fingerprint density at radius 2 is 1.61 bits per heavy atom. The van der Waals surface area contributed by atoms with Gasteiger partial charge in [0.15, 0.2) is 11.6 Å². The molecule has 1 nitrogen and oxygen atoms in total. The molecule has 104 valence electrons. The minimum atomic E-state index is -0.836. The van der Waals surface area contributed by atoms with E-state index < -0.39 is 11.6 Å². The van der Waals surface area contributed by atoms with E-state index in [1.54, 1.807) is 0 Å². The van der Waals surface area contributed by atoms with Crippen LogP contribution in [0.2, 0.25) is 0 Å². The van der Waals surface area contributed by atoms with E-state index >= 15 is 0 Å². The summed E-state index contributed by atoms with van der Waals surface area (Å²) in [6.07, 6.45) is 4.91. The van der Waals surface area contributed by atoms with Crippen molar-refractivity contribution in [2.45, 2.75) is 39.5 Å². The molecule has 4 heteroatoms. The Labute approximate surface area is 117 Å². The van der Waals surface area contributed by atoms with Gasteiger partial charge in [0.05, 0.1) is 4.47 Å². The largest absolute Gasteiger partial charge is 0.381 e. The summed E-state index contributed by atoms with van der Waals surface area (Å²) in [6, 6.07) is 3.95. The van der Waals surface area contributed by atoms with Gasteiger partial charge in [-0.25, -0.2) is 8.78 Å². The smallest absolute Gasteiger partial charge is 0.172 e. The molecule has 0 saturated heterocycles. The number of rotatable bonds is 6. The second-order valence-corrected chi connectivity index (χ2v) is 4.71. The van der Waals surface area contributed by atoms with Crippen LogP contribution in [0.1, 0.15) is 39.5 Å². The SMILES string of the molecule is CCCCOCCCC.Fc1cccc(Br)c1F. The van der Waals surface area contributed by atoms with Gasteiger partial charge >= 0.3 is 0 Å². The summed E-state index contributed by atoms with van der Waals surface area (Å²) in [6.45, 7) is 6.28. The first kappa shape index (κ1) is 17.5. The second-order valence-electron chi connectivity index (χ2n) is 3.86. The number of ether oxygens (including phenoxy) is 1. The molecule has 0 bridgehead atoms. The van der Waals surface area contributed by atoms with Gasteiger partial charge in [0.25, 0.3) is 0 Å². The van der Waals surface area contributed by atoms with Gasteiger partial charge in [0.2, 0.25) is 0 Å². The molecule has 0 saturated carbocycles. The fourth-order valence-corrected chi connectivity index (χ4v) is 1.41. The molecular weight excluding hydrogens is 302 g/mol. The van der Waals surface area contributed by atoms with Gasteiger partial charge < -0.3 is 4.74 Å². The molecule has 0 fully saturated rings. The van der Waals surface area contributed by atoms with Crippen LogP contribution in [-0.2, 0) is 4.74 Å². The molecule has 0 aromatic heterocycles. The predicted octanol–water partition coefficient (Wildman–Crippen LogP) is 5.33. The second kappa shape index (κ2) is 11.6. The van der Waals surface area contributed by atoms with Crippen molar-refractivity contribution < 1.29 is 13.5 Å². The van der Waals surface area contributed by atoms with Crippen molar-refractivity contribution in [1.82, 2.24) is 0 Å². The lowest BCUT2D eigenvalue weighted by Crippen LogP contribution is -1.95. The molecule has 0 aliphatic heterocycles. The van der Waals surface area contributed by atoms with Crippen molar-refractivity contribution in [3.8, 4) is 0 Å². The minimum absolute atomic E-state index is 0.155. The monoisotopic (exact) mass is 322 g/mol. The topological polar surface area (TPSA) is 9.23 Å². The molecule has 0 amide bonds. The first-order valence-corrected chi connectivity index (χ1v) is 7.10. The molecule has 1 aromatic rings. The Hall–Kier alpha value is -0.480. The van der Waals surface area contributed by atoms with Gasteiger partial charge in [-0.15, -0.1) is 0 Å². The normalized spacial score (nSPS) is 9.83. The van der Waals surface area contributed by atoms with E-state index in [1.807, 2.05) is 0 Å². The summed E-state index contributed by atoms with van der Waals surface area (Å²) < 4.78 is 30.0. The summed E-state index contributed by atoms with van der Waals surface area (Å²) in [5.74, 6) is -1.66. The molecule has 0 N–H and O–H groups in total. The predicted molar refractivity (Wildman–Crippen MR) is 74.7 cm³/mol. The van der Waals surface area contributed by atoms with E-state index in [-0.39, 0.29) is 4.47 Å². The zero-order chi connectivity index (χ0) is 13.8. The Bertz CT molecular complexity index is 292. The summed E-state index contributed by atoms with van der Waals surface area (Å²) in [4.78, 5) is 0. The fraction of sp³-hybridized carbons (Fsp3) is 0.571. The lowest BCUT2D eigenvalue weighted by molar-refractivity contribution is 0.128. The molecule has 0 atom stereocenters. The number of benzene rings is 1. The molecule has 0 aliphatic carbocycles. The lowest BCUT2D eigenvalue weighted by atomic mass is 10.3. The number of unbranched alkanes of at least 4 members (excludes halogenated alkanes) is 2. The average molecular weight is 323 g/mol. The fourth-order valence-electron chi connectivity index (χ4n) is 1.07. The highest BCUT2D eigenvalue weighted by Gasteiger charge is 2.02. The van der Waals surface area contributed by atoms with Crippen LogP contribution in [0.4, 0.5) is 8.78 Å². The minimum Gasteiger partial charge on any atom is -0.381 e. The molecule has 0 radical (unpaired) electrons. The van der Waals surface area contributed by atoms with Crippen LogP contribution in [0.15, 0.2) is 22.7 Å². The maximum Gasteiger partial charge on any atom is 0.172 e. The number of halogens is 3. The van der Waals surface area contributed by atoms with Crippen molar-refractivity contribution in [2.75, 3.05) is 13.2 Å². The number of hydrogen-bond donors (Lipinski definition) is 0. The van der Waals surface area contributed by atoms with Crippen molar-refractivity contribution in [2.24, 2.45) is 0 Å². The standard InChI is InChI=1S/C8H18O.C6H3BrF2/c1-3-5-7-9-8-6-4-2;7-4-2-1-3-5(8)6(4)9/h3-8H2,1-2H3;1-3H. The van der Waals surface area contributed by atoms with Crippen LogP contribution >= 0.6 is 15.9 Å². The van der Waals surface area contributed by atoms with Gasteiger partial charge in [0, 0.05) is 13.2 Å². The third-order valence-electron chi connectivity index (χ3n) is 2.19. The maximum absolute atomic E-state index is 12.3. The first-order chi connectivity index (χ1) is 8.63. The molecule has 18 heavy (non-hydrogen) atoms. The highest BCUT2D eigenvalue weighted by atomic mass is 79.9. The van der Waals surface area contributed by atoms with Gasteiger partial charge in [-0.2, -0.15) is 0 Å². The Balaban J connectivity index is 0.000000321.